The molecule has 0 spiro atoms. The fourth-order valence-electron chi connectivity index (χ4n) is 1.13. The van der Waals surface area contributed by atoms with Gasteiger partial charge in [-0.05, 0) is 12.0 Å². The molecule has 0 atom stereocenters. The molecule has 1 aromatic rings. The Balaban J connectivity index is 2.66. The smallest absolute Gasteiger partial charge is 0.123 e. The van der Waals surface area contributed by atoms with Crippen molar-refractivity contribution >= 4 is 5.69 Å². The number of anilines is 1. The van der Waals surface area contributed by atoms with Crippen molar-refractivity contribution in [3.05, 3.63) is 23.8 Å². The van der Waals surface area contributed by atoms with Crippen LogP contribution >= 0.6 is 0 Å². The Morgan fingerprint density at radius 2 is 2.07 bits per heavy atom. The van der Waals surface area contributed by atoms with Crippen molar-refractivity contribution < 1.29 is 10.2 Å². The number of hydrogen-bond acceptors (Lipinski definition) is 3. The molecule has 0 aromatic heterocycles. The molecule has 0 heterocycles. The van der Waals surface area contributed by atoms with Crippen molar-refractivity contribution in [2.45, 2.75) is 20.5 Å². The maximum absolute atomic E-state index is 9.46. The Kier molecular flexibility index (Phi) is 3.77. The molecule has 0 amide bonds. The van der Waals surface area contributed by atoms with Crippen molar-refractivity contribution in [3.63, 3.8) is 0 Å². The average Bonchev–Trinajstić information content (AvgIpc) is 2.15. The van der Waals surface area contributed by atoms with Gasteiger partial charge in [-0.15, -0.1) is 0 Å². The molecule has 0 aliphatic heterocycles. The minimum Gasteiger partial charge on any atom is -0.508 e. The molecule has 0 radical (unpaired) electrons. The Hall–Kier alpha value is -1.22. The zero-order valence-corrected chi connectivity index (χ0v) is 8.62. The van der Waals surface area contributed by atoms with E-state index >= 15 is 0 Å². The maximum Gasteiger partial charge on any atom is 0.123 e. The quantitative estimate of drug-likeness (QED) is 0.688. The summed E-state index contributed by atoms with van der Waals surface area (Å²) >= 11 is 0. The van der Waals surface area contributed by atoms with Crippen LogP contribution in [0, 0.1) is 5.92 Å². The third-order valence-electron chi connectivity index (χ3n) is 1.97. The lowest BCUT2D eigenvalue weighted by molar-refractivity contribution is 0.275. The van der Waals surface area contributed by atoms with Gasteiger partial charge < -0.3 is 15.5 Å². The summed E-state index contributed by atoms with van der Waals surface area (Å²) in [7, 11) is 0. The normalized spacial score (nSPS) is 10.6. The molecule has 0 bridgehead atoms. The Morgan fingerprint density at radius 3 is 2.57 bits per heavy atom. The average molecular weight is 195 g/mol. The summed E-state index contributed by atoms with van der Waals surface area (Å²) in [5.41, 5.74) is 1.44. The van der Waals surface area contributed by atoms with Gasteiger partial charge >= 0.3 is 0 Å². The number of aliphatic hydroxyl groups is 1. The summed E-state index contributed by atoms with van der Waals surface area (Å²) in [5.74, 6) is 0.705. The predicted molar refractivity (Wildman–Crippen MR) is 57.4 cm³/mol. The molecule has 0 saturated carbocycles. The van der Waals surface area contributed by atoms with Crippen LogP contribution in [0.1, 0.15) is 19.4 Å². The fraction of sp³-hybridized carbons (Fsp3) is 0.455. The van der Waals surface area contributed by atoms with E-state index in [-0.39, 0.29) is 12.4 Å². The van der Waals surface area contributed by atoms with Gasteiger partial charge in [-0.25, -0.2) is 0 Å². The predicted octanol–water partition coefficient (Wildman–Crippen LogP) is 1.95. The second kappa shape index (κ2) is 4.86. The molecular weight excluding hydrogens is 178 g/mol. The van der Waals surface area contributed by atoms with Crippen molar-refractivity contribution in [3.8, 4) is 5.75 Å². The van der Waals surface area contributed by atoms with Gasteiger partial charge in [0, 0.05) is 23.9 Å². The maximum atomic E-state index is 9.46. The molecule has 14 heavy (non-hydrogen) atoms. The fourth-order valence-corrected chi connectivity index (χ4v) is 1.13. The number of aromatic hydroxyl groups is 1. The number of benzene rings is 1. The SMILES string of the molecule is CC(C)CNc1ccc(CO)c(O)c1. The molecule has 0 aliphatic carbocycles. The first-order valence-electron chi connectivity index (χ1n) is 4.80. The highest BCUT2D eigenvalue weighted by atomic mass is 16.3. The van der Waals surface area contributed by atoms with E-state index in [2.05, 4.69) is 19.2 Å². The summed E-state index contributed by atoms with van der Waals surface area (Å²) in [6.07, 6.45) is 0. The highest BCUT2D eigenvalue weighted by molar-refractivity contribution is 5.51. The first kappa shape index (κ1) is 10.9. The lowest BCUT2D eigenvalue weighted by Gasteiger charge is -2.10. The molecule has 0 saturated heterocycles. The van der Waals surface area contributed by atoms with E-state index in [1.165, 1.54) is 0 Å². The molecule has 0 unspecified atom stereocenters. The van der Waals surface area contributed by atoms with Crippen molar-refractivity contribution in [1.29, 1.82) is 0 Å². The van der Waals surface area contributed by atoms with E-state index in [0.29, 0.717) is 11.5 Å². The number of phenols is 1. The summed E-state index contributed by atoms with van der Waals surface area (Å²) in [6.45, 7) is 4.98. The second-order valence-electron chi connectivity index (χ2n) is 3.78. The third-order valence-corrected chi connectivity index (χ3v) is 1.97. The molecule has 3 nitrogen and oxygen atoms in total. The number of aliphatic hydroxyl groups excluding tert-OH is 1. The van der Waals surface area contributed by atoms with E-state index in [1.54, 1.807) is 12.1 Å². The Morgan fingerprint density at radius 1 is 1.36 bits per heavy atom. The highest BCUT2D eigenvalue weighted by Gasteiger charge is 2.01. The monoisotopic (exact) mass is 195 g/mol. The molecule has 78 valence electrons. The van der Waals surface area contributed by atoms with Crippen LogP contribution in [0.25, 0.3) is 0 Å². The number of hydrogen-bond donors (Lipinski definition) is 3. The summed E-state index contributed by atoms with van der Waals surface area (Å²) in [6, 6.07) is 5.21. The van der Waals surface area contributed by atoms with Gasteiger partial charge in [-0.2, -0.15) is 0 Å². The lowest BCUT2D eigenvalue weighted by Crippen LogP contribution is -2.07. The minimum atomic E-state index is -0.129. The van der Waals surface area contributed by atoms with Crippen molar-refractivity contribution in [1.82, 2.24) is 0 Å². The van der Waals surface area contributed by atoms with Crippen molar-refractivity contribution in [2.24, 2.45) is 5.92 Å². The van der Waals surface area contributed by atoms with E-state index in [0.717, 1.165) is 12.2 Å². The molecule has 1 rings (SSSR count). The lowest BCUT2D eigenvalue weighted by atomic mass is 10.1. The minimum absolute atomic E-state index is 0.129. The van der Waals surface area contributed by atoms with Gasteiger partial charge in [0.2, 0.25) is 0 Å². The molecule has 3 heteroatoms. The number of nitrogens with one attached hydrogen (secondary N) is 1. The summed E-state index contributed by atoms with van der Waals surface area (Å²) in [5, 5.41) is 21.5. The van der Waals surface area contributed by atoms with E-state index in [9.17, 15) is 5.11 Å². The Bertz CT molecular complexity index is 297. The van der Waals surface area contributed by atoms with Gasteiger partial charge in [-0.3, -0.25) is 0 Å². The van der Waals surface area contributed by atoms with Crippen LogP contribution in [0.3, 0.4) is 0 Å². The number of rotatable bonds is 4. The van der Waals surface area contributed by atoms with Crippen molar-refractivity contribution in [2.75, 3.05) is 11.9 Å². The van der Waals surface area contributed by atoms with Crippen LogP contribution < -0.4 is 5.32 Å². The van der Waals surface area contributed by atoms with E-state index < -0.39 is 0 Å². The van der Waals surface area contributed by atoms with Gasteiger partial charge in [0.15, 0.2) is 0 Å². The van der Waals surface area contributed by atoms with Gasteiger partial charge in [0.1, 0.15) is 5.75 Å². The highest BCUT2D eigenvalue weighted by Crippen LogP contribution is 2.21. The van der Waals surface area contributed by atoms with Crippen LogP contribution in [0.5, 0.6) is 5.75 Å². The summed E-state index contributed by atoms with van der Waals surface area (Å²) < 4.78 is 0. The topological polar surface area (TPSA) is 52.5 Å². The van der Waals surface area contributed by atoms with E-state index in [1.807, 2.05) is 6.07 Å². The molecular formula is C11H17NO2. The van der Waals surface area contributed by atoms with Gasteiger partial charge in [-0.1, -0.05) is 19.9 Å². The van der Waals surface area contributed by atoms with Crippen LogP contribution in [-0.4, -0.2) is 16.8 Å². The molecule has 0 aliphatic rings. The third kappa shape index (κ3) is 2.92. The van der Waals surface area contributed by atoms with Gasteiger partial charge in [0.05, 0.1) is 6.61 Å². The largest absolute Gasteiger partial charge is 0.508 e. The first-order valence-corrected chi connectivity index (χ1v) is 4.80. The first-order chi connectivity index (χ1) is 6.63. The zero-order chi connectivity index (χ0) is 10.6. The molecule has 1 aromatic carbocycles. The standard InChI is InChI=1S/C11H17NO2/c1-8(2)6-12-10-4-3-9(7-13)11(14)5-10/h3-5,8,12-14H,6-7H2,1-2H3. The zero-order valence-electron chi connectivity index (χ0n) is 8.62. The Labute approximate surface area is 84.4 Å². The van der Waals surface area contributed by atoms with Gasteiger partial charge in [0.25, 0.3) is 0 Å². The van der Waals surface area contributed by atoms with Crippen LogP contribution in [0.2, 0.25) is 0 Å². The molecule has 3 N–H and O–H groups in total. The van der Waals surface area contributed by atoms with Crippen LogP contribution in [0.15, 0.2) is 18.2 Å². The summed E-state index contributed by atoms with van der Waals surface area (Å²) in [4.78, 5) is 0. The second-order valence-corrected chi connectivity index (χ2v) is 3.78. The van der Waals surface area contributed by atoms with Crippen LogP contribution in [-0.2, 0) is 6.61 Å². The van der Waals surface area contributed by atoms with E-state index in [4.69, 9.17) is 5.11 Å². The molecule has 0 fully saturated rings. The van der Waals surface area contributed by atoms with Crippen LogP contribution in [0.4, 0.5) is 5.69 Å².